The van der Waals surface area contributed by atoms with Gasteiger partial charge in [0.15, 0.2) is 9.84 Å². The molecule has 33 heavy (non-hydrogen) atoms. The monoisotopic (exact) mass is 469 g/mol. The fourth-order valence-corrected chi connectivity index (χ4v) is 5.90. The van der Waals surface area contributed by atoms with Gasteiger partial charge in [-0.25, -0.2) is 8.42 Å². The highest BCUT2D eigenvalue weighted by molar-refractivity contribution is 7.92. The van der Waals surface area contributed by atoms with E-state index in [0.717, 1.165) is 5.56 Å². The molecular formula is C24H27N3O5S. The number of carbonyl (C=O) groups is 1. The quantitative estimate of drug-likeness (QED) is 0.551. The number of rotatable bonds is 6. The van der Waals surface area contributed by atoms with Gasteiger partial charge in [0.1, 0.15) is 17.2 Å². The summed E-state index contributed by atoms with van der Waals surface area (Å²) >= 11 is 0. The molecule has 0 atom stereocenters. The summed E-state index contributed by atoms with van der Waals surface area (Å²) in [4.78, 5) is 15.3. The van der Waals surface area contributed by atoms with E-state index in [2.05, 4.69) is 5.10 Å². The molecule has 9 heteroatoms. The zero-order valence-electron chi connectivity index (χ0n) is 18.9. The molecule has 8 nitrogen and oxygen atoms in total. The molecule has 0 aliphatic carbocycles. The topological polar surface area (TPSA) is 90.7 Å². The molecular weight excluding hydrogens is 442 g/mol. The van der Waals surface area contributed by atoms with Crippen LogP contribution in [-0.4, -0.2) is 61.6 Å². The maximum atomic E-state index is 13.2. The fraction of sp³-hybridized carbons (Fsp3) is 0.333. The van der Waals surface area contributed by atoms with Crippen LogP contribution < -0.4 is 9.47 Å². The first kappa shape index (κ1) is 22.8. The minimum absolute atomic E-state index is 0.173. The number of likely N-dealkylation sites (tertiary alicyclic amines) is 1. The molecule has 0 saturated carbocycles. The average Bonchev–Trinajstić information content (AvgIpc) is 3.25. The number of piperidine rings is 1. The van der Waals surface area contributed by atoms with Gasteiger partial charge >= 0.3 is 0 Å². The molecule has 3 aromatic rings. The Morgan fingerprint density at radius 3 is 2.33 bits per heavy atom. The highest BCUT2D eigenvalue weighted by atomic mass is 32.2. The Bertz CT molecular complexity index is 1250. The molecule has 0 spiro atoms. The second kappa shape index (κ2) is 9.27. The van der Waals surface area contributed by atoms with Gasteiger partial charge in [-0.1, -0.05) is 18.2 Å². The van der Waals surface area contributed by atoms with E-state index in [1.807, 2.05) is 6.07 Å². The summed E-state index contributed by atoms with van der Waals surface area (Å²) in [5, 5.41) is 4.02. The molecule has 1 aliphatic heterocycles. The number of ether oxygens (including phenoxy) is 2. The van der Waals surface area contributed by atoms with E-state index in [9.17, 15) is 13.2 Å². The van der Waals surface area contributed by atoms with Crippen molar-refractivity contribution in [3.8, 4) is 22.8 Å². The maximum Gasteiger partial charge on any atom is 0.272 e. The van der Waals surface area contributed by atoms with Crippen molar-refractivity contribution in [2.75, 3.05) is 27.3 Å². The zero-order valence-corrected chi connectivity index (χ0v) is 19.7. The van der Waals surface area contributed by atoms with E-state index >= 15 is 0 Å². The van der Waals surface area contributed by atoms with Crippen LogP contribution in [0.25, 0.3) is 11.3 Å². The third-order valence-corrected chi connectivity index (χ3v) is 8.30. The number of aryl methyl sites for hydroxylation is 1. The molecule has 2 aromatic carbocycles. The van der Waals surface area contributed by atoms with E-state index < -0.39 is 15.1 Å². The molecule has 0 N–H and O–H groups in total. The summed E-state index contributed by atoms with van der Waals surface area (Å²) in [7, 11) is 1.47. The molecule has 4 rings (SSSR count). The number of aromatic nitrogens is 2. The van der Waals surface area contributed by atoms with Crippen molar-refractivity contribution >= 4 is 15.7 Å². The molecule has 174 valence electrons. The standard InChI is InChI=1S/C24H27N3O5S/c1-26-22(16-21(25-26)20-15-17(31-2)9-10-23(20)32-3)24(28)27-13-11-19(12-14-27)33(29,30)18-7-5-4-6-8-18/h4-10,15-16,19H,11-14H2,1-3H3. The fourth-order valence-electron chi connectivity index (χ4n) is 4.15. The largest absolute Gasteiger partial charge is 0.497 e. The Labute approximate surface area is 193 Å². The zero-order chi connectivity index (χ0) is 23.6. The summed E-state index contributed by atoms with van der Waals surface area (Å²) in [5.41, 5.74) is 1.75. The van der Waals surface area contributed by atoms with E-state index in [1.165, 1.54) is 0 Å². The Morgan fingerprint density at radius 2 is 1.70 bits per heavy atom. The third kappa shape index (κ3) is 4.45. The lowest BCUT2D eigenvalue weighted by Crippen LogP contribution is -2.43. The molecule has 1 aliphatic rings. The maximum absolute atomic E-state index is 13.2. The molecule has 1 fully saturated rings. The van der Waals surface area contributed by atoms with Crippen LogP contribution in [0.2, 0.25) is 0 Å². The Hall–Kier alpha value is -3.33. The van der Waals surface area contributed by atoms with Crippen LogP contribution in [0.15, 0.2) is 59.5 Å². The van der Waals surface area contributed by atoms with Crippen LogP contribution in [-0.2, 0) is 16.9 Å². The molecule has 0 unspecified atom stereocenters. The molecule has 1 saturated heterocycles. The predicted molar refractivity (Wildman–Crippen MR) is 124 cm³/mol. The average molecular weight is 470 g/mol. The van der Waals surface area contributed by atoms with E-state index in [-0.39, 0.29) is 5.91 Å². The summed E-state index contributed by atoms with van der Waals surface area (Å²) in [6, 6.07) is 15.6. The minimum atomic E-state index is -3.41. The first-order valence-corrected chi connectivity index (χ1v) is 12.2. The summed E-state index contributed by atoms with van der Waals surface area (Å²) in [6.45, 7) is 0.747. The van der Waals surface area contributed by atoms with Gasteiger partial charge in [-0.15, -0.1) is 0 Å². The van der Waals surface area contributed by atoms with Gasteiger partial charge in [0.05, 0.1) is 30.1 Å². The van der Waals surface area contributed by atoms with E-state index in [4.69, 9.17) is 9.47 Å². The lowest BCUT2D eigenvalue weighted by molar-refractivity contribution is 0.0714. The number of amides is 1. The van der Waals surface area contributed by atoms with Crippen LogP contribution in [0.4, 0.5) is 0 Å². The Morgan fingerprint density at radius 1 is 1.00 bits per heavy atom. The van der Waals surface area contributed by atoms with Gasteiger partial charge in [0, 0.05) is 25.7 Å². The van der Waals surface area contributed by atoms with Crippen LogP contribution in [0.5, 0.6) is 11.5 Å². The number of sulfone groups is 1. The second-order valence-electron chi connectivity index (χ2n) is 7.95. The molecule has 0 radical (unpaired) electrons. The number of methoxy groups -OCH3 is 2. The van der Waals surface area contributed by atoms with Crippen molar-refractivity contribution in [2.24, 2.45) is 7.05 Å². The smallest absolute Gasteiger partial charge is 0.272 e. The number of carbonyl (C=O) groups excluding carboxylic acids is 1. The number of benzene rings is 2. The predicted octanol–water partition coefficient (Wildman–Crippen LogP) is 3.18. The summed E-state index contributed by atoms with van der Waals surface area (Å²) < 4.78 is 38.1. The van der Waals surface area contributed by atoms with Crippen molar-refractivity contribution < 1.29 is 22.7 Å². The highest BCUT2D eigenvalue weighted by Crippen LogP contribution is 2.33. The van der Waals surface area contributed by atoms with Gasteiger partial charge in [-0.3, -0.25) is 9.48 Å². The molecule has 1 amide bonds. The van der Waals surface area contributed by atoms with Crippen molar-refractivity contribution in [3.05, 3.63) is 60.3 Å². The van der Waals surface area contributed by atoms with E-state index in [0.29, 0.717) is 53.7 Å². The number of hydrogen-bond donors (Lipinski definition) is 0. The van der Waals surface area contributed by atoms with Crippen LogP contribution >= 0.6 is 0 Å². The van der Waals surface area contributed by atoms with Crippen molar-refractivity contribution in [1.82, 2.24) is 14.7 Å². The van der Waals surface area contributed by atoms with Gasteiger partial charge < -0.3 is 14.4 Å². The molecule has 2 heterocycles. The van der Waals surface area contributed by atoms with Crippen molar-refractivity contribution in [3.63, 3.8) is 0 Å². The van der Waals surface area contributed by atoms with Crippen LogP contribution in [0.1, 0.15) is 23.3 Å². The van der Waals surface area contributed by atoms with Crippen molar-refractivity contribution in [1.29, 1.82) is 0 Å². The third-order valence-electron chi connectivity index (χ3n) is 6.02. The first-order valence-electron chi connectivity index (χ1n) is 10.7. The summed E-state index contributed by atoms with van der Waals surface area (Å²) in [5.74, 6) is 1.11. The van der Waals surface area contributed by atoms with Gasteiger partial charge in [-0.2, -0.15) is 5.10 Å². The number of nitrogens with zero attached hydrogens (tertiary/aromatic N) is 3. The first-order chi connectivity index (χ1) is 15.8. The van der Waals surface area contributed by atoms with Crippen LogP contribution in [0, 0.1) is 0 Å². The highest BCUT2D eigenvalue weighted by Gasteiger charge is 2.33. The normalized spacial score (nSPS) is 14.8. The Kier molecular flexibility index (Phi) is 6.42. The van der Waals surface area contributed by atoms with Gasteiger partial charge in [0.2, 0.25) is 0 Å². The lowest BCUT2D eigenvalue weighted by Gasteiger charge is -2.31. The van der Waals surface area contributed by atoms with E-state index in [1.54, 1.807) is 79.4 Å². The molecule has 1 aromatic heterocycles. The Balaban J connectivity index is 1.51. The van der Waals surface area contributed by atoms with Crippen molar-refractivity contribution in [2.45, 2.75) is 23.0 Å². The minimum Gasteiger partial charge on any atom is -0.497 e. The van der Waals surface area contributed by atoms with Crippen LogP contribution in [0.3, 0.4) is 0 Å². The van der Waals surface area contributed by atoms with Gasteiger partial charge in [-0.05, 0) is 49.2 Å². The number of hydrogen-bond acceptors (Lipinski definition) is 6. The lowest BCUT2D eigenvalue weighted by atomic mass is 10.1. The van der Waals surface area contributed by atoms with Gasteiger partial charge in [0.25, 0.3) is 5.91 Å². The molecule has 0 bridgehead atoms. The summed E-state index contributed by atoms with van der Waals surface area (Å²) in [6.07, 6.45) is 0.800. The second-order valence-corrected chi connectivity index (χ2v) is 10.2. The SMILES string of the molecule is COc1ccc(OC)c(-c2cc(C(=O)N3CCC(S(=O)(=O)c4ccccc4)CC3)n(C)n2)c1.